The van der Waals surface area contributed by atoms with E-state index in [1.54, 1.807) is 24.3 Å². The van der Waals surface area contributed by atoms with Crippen molar-refractivity contribution in [2.45, 2.75) is 0 Å². The number of imidazole rings is 1. The lowest BCUT2D eigenvalue weighted by Crippen LogP contribution is -2.09. The molecular formula is C15H11Cl2N3O2S. The normalized spacial score (nSPS) is 11.3. The molecule has 0 aliphatic carbocycles. The van der Waals surface area contributed by atoms with Crippen molar-refractivity contribution in [3.8, 4) is 5.75 Å². The highest BCUT2D eigenvalue weighted by Gasteiger charge is 2.10. The maximum atomic E-state index is 12.1. The Bertz CT molecular complexity index is 901. The van der Waals surface area contributed by atoms with Crippen LogP contribution in [0.1, 0.15) is 5.69 Å². The lowest BCUT2D eigenvalue weighted by atomic mass is 10.3. The van der Waals surface area contributed by atoms with Gasteiger partial charge in [-0.2, -0.15) is 0 Å². The molecule has 0 radical (unpaired) electrons. The second kappa shape index (κ2) is 6.62. The predicted octanol–water partition coefficient (Wildman–Crippen LogP) is 4.36. The molecule has 0 unspecified atom stereocenters. The van der Waals surface area contributed by atoms with Crippen molar-refractivity contribution < 1.29 is 9.53 Å². The number of halogens is 2. The van der Waals surface area contributed by atoms with Gasteiger partial charge in [0.25, 0.3) is 0 Å². The summed E-state index contributed by atoms with van der Waals surface area (Å²) in [7, 11) is 1.52. The molecule has 3 aromatic rings. The molecule has 0 saturated carbocycles. The smallest absolute Gasteiger partial charge is 0.248 e. The Kier molecular flexibility index (Phi) is 4.56. The number of nitrogens with one attached hydrogen (secondary N) is 1. The van der Waals surface area contributed by atoms with E-state index in [9.17, 15) is 4.79 Å². The van der Waals surface area contributed by atoms with Crippen LogP contribution in [0.3, 0.4) is 0 Å². The molecule has 2 heterocycles. The fourth-order valence-electron chi connectivity index (χ4n) is 2.03. The molecule has 23 heavy (non-hydrogen) atoms. The fraction of sp³-hybridized carbons (Fsp3) is 0.0667. The predicted molar refractivity (Wildman–Crippen MR) is 93.7 cm³/mol. The number of carbonyl (C=O) groups excluding carboxylic acids is 1. The summed E-state index contributed by atoms with van der Waals surface area (Å²) in [6, 6.07) is 4.99. The number of fused-ring (bicyclic) bond motifs is 1. The zero-order valence-corrected chi connectivity index (χ0v) is 14.2. The Morgan fingerprint density at radius 1 is 1.43 bits per heavy atom. The van der Waals surface area contributed by atoms with E-state index >= 15 is 0 Å². The first-order valence-electron chi connectivity index (χ1n) is 6.52. The van der Waals surface area contributed by atoms with Gasteiger partial charge in [-0.25, -0.2) is 4.98 Å². The van der Waals surface area contributed by atoms with Gasteiger partial charge >= 0.3 is 0 Å². The van der Waals surface area contributed by atoms with Gasteiger partial charge in [0.05, 0.1) is 18.5 Å². The number of methoxy groups -OCH3 is 1. The maximum absolute atomic E-state index is 12.1. The Morgan fingerprint density at radius 2 is 2.26 bits per heavy atom. The molecule has 8 heteroatoms. The van der Waals surface area contributed by atoms with Gasteiger partial charge in [0, 0.05) is 22.7 Å². The number of carbonyl (C=O) groups is 1. The molecule has 1 N–H and O–H groups in total. The van der Waals surface area contributed by atoms with Gasteiger partial charge in [0.1, 0.15) is 5.75 Å². The van der Waals surface area contributed by atoms with Gasteiger partial charge in [-0.05, 0) is 24.3 Å². The van der Waals surface area contributed by atoms with Crippen LogP contribution >= 0.6 is 34.5 Å². The SMILES string of the molecule is COc1ccc(Cl)cc1NC(=O)/C=C/c1c(Cl)nc2sccn12. The van der Waals surface area contributed by atoms with Gasteiger partial charge < -0.3 is 10.1 Å². The highest BCUT2D eigenvalue weighted by Crippen LogP contribution is 2.28. The molecule has 3 rings (SSSR count). The number of hydrogen-bond donors (Lipinski definition) is 1. The lowest BCUT2D eigenvalue weighted by molar-refractivity contribution is -0.111. The van der Waals surface area contributed by atoms with E-state index in [0.29, 0.717) is 27.3 Å². The maximum Gasteiger partial charge on any atom is 0.248 e. The lowest BCUT2D eigenvalue weighted by Gasteiger charge is -2.08. The first-order chi connectivity index (χ1) is 11.1. The van der Waals surface area contributed by atoms with Crippen molar-refractivity contribution in [2.24, 2.45) is 0 Å². The largest absolute Gasteiger partial charge is 0.495 e. The minimum atomic E-state index is -0.327. The molecule has 2 aromatic heterocycles. The van der Waals surface area contributed by atoms with Gasteiger partial charge in [0.15, 0.2) is 10.1 Å². The summed E-state index contributed by atoms with van der Waals surface area (Å²) in [5.74, 6) is 0.200. The molecule has 118 valence electrons. The van der Waals surface area contributed by atoms with E-state index in [4.69, 9.17) is 27.9 Å². The van der Waals surface area contributed by atoms with Crippen LogP contribution in [0.4, 0.5) is 5.69 Å². The molecule has 0 fully saturated rings. The number of amides is 1. The van der Waals surface area contributed by atoms with E-state index in [2.05, 4.69) is 10.3 Å². The number of ether oxygens (including phenoxy) is 1. The molecule has 1 aromatic carbocycles. The first-order valence-corrected chi connectivity index (χ1v) is 8.15. The number of thiazole rings is 1. The van der Waals surface area contributed by atoms with E-state index in [1.807, 2.05) is 16.0 Å². The van der Waals surface area contributed by atoms with Crippen LogP contribution < -0.4 is 10.1 Å². The Hall–Kier alpha value is -2.02. The third kappa shape index (κ3) is 3.34. The van der Waals surface area contributed by atoms with E-state index in [0.717, 1.165) is 4.96 Å². The van der Waals surface area contributed by atoms with Crippen LogP contribution in [0.25, 0.3) is 11.0 Å². The van der Waals surface area contributed by atoms with E-state index < -0.39 is 0 Å². The van der Waals surface area contributed by atoms with Gasteiger partial charge in [0.2, 0.25) is 5.91 Å². The number of nitrogens with zero attached hydrogens (tertiary/aromatic N) is 2. The summed E-state index contributed by atoms with van der Waals surface area (Å²) in [6.07, 6.45) is 4.84. The zero-order valence-electron chi connectivity index (χ0n) is 11.9. The zero-order chi connectivity index (χ0) is 16.4. The van der Waals surface area contributed by atoms with Crippen molar-refractivity contribution in [1.82, 2.24) is 9.38 Å². The second-order valence-corrected chi connectivity index (χ2v) is 6.18. The quantitative estimate of drug-likeness (QED) is 0.696. The van der Waals surface area contributed by atoms with Crippen molar-refractivity contribution in [3.05, 3.63) is 51.7 Å². The monoisotopic (exact) mass is 367 g/mol. The summed E-state index contributed by atoms with van der Waals surface area (Å²) in [5, 5.41) is 5.47. The summed E-state index contributed by atoms with van der Waals surface area (Å²) < 4.78 is 7.00. The molecule has 0 atom stereocenters. The van der Waals surface area contributed by atoms with Crippen molar-refractivity contribution in [2.75, 3.05) is 12.4 Å². The average Bonchev–Trinajstić information content (AvgIpc) is 3.06. The number of aromatic nitrogens is 2. The van der Waals surface area contributed by atoms with Gasteiger partial charge in [-0.15, -0.1) is 11.3 Å². The topological polar surface area (TPSA) is 55.6 Å². The van der Waals surface area contributed by atoms with Crippen molar-refractivity contribution in [1.29, 1.82) is 0 Å². The summed E-state index contributed by atoms with van der Waals surface area (Å²) in [5.41, 5.74) is 1.14. The van der Waals surface area contributed by atoms with Crippen LogP contribution in [0, 0.1) is 0 Å². The van der Waals surface area contributed by atoms with Gasteiger partial charge in [-0.1, -0.05) is 23.2 Å². The number of hydrogen-bond acceptors (Lipinski definition) is 4. The van der Waals surface area contributed by atoms with E-state index in [-0.39, 0.29) is 5.91 Å². The third-order valence-corrected chi connectivity index (χ3v) is 4.34. The van der Waals surface area contributed by atoms with E-state index in [1.165, 1.54) is 24.5 Å². The van der Waals surface area contributed by atoms with Crippen molar-refractivity contribution in [3.63, 3.8) is 0 Å². The highest BCUT2D eigenvalue weighted by molar-refractivity contribution is 7.15. The Balaban J connectivity index is 1.81. The summed E-state index contributed by atoms with van der Waals surface area (Å²) in [6.45, 7) is 0. The number of benzene rings is 1. The van der Waals surface area contributed by atoms with Gasteiger partial charge in [-0.3, -0.25) is 9.20 Å². The van der Waals surface area contributed by atoms with Crippen molar-refractivity contribution >= 4 is 57.2 Å². The minimum Gasteiger partial charge on any atom is -0.495 e. The second-order valence-electron chi connectivity index (χ2n) is 4.51. The molecule has 0 aliphatic heterocycles. The fourth-order valence-corrected chi connectivity index (χ4v) is 3.21. The number of anilines is 1. The Morgan fingerprint density at radius 3 is 3.04 bits per heavy atom. The molecular weight excluding hydrogens is 357 g/mol. The van der Waals surface area contributed by atoms with Crippen LogP contribution in [-0.2, 0) is 4.79 Å². The standard InChI is InChI=1S/C15H11Cl2N3O2S/c1-22-12-4-2-9(16)8-10(12)18-13(21)5-3-11-14(17)19-15-20(11)6-7-23-15/h2-8H,1H3,(H,18,21)/b5-3+. The molecule has 0 spiro atoms. The molecule has 0 saturated heterocycles. The summed E-state index contributed by atoms with van der Waals surface area (Å²) in [4.78, 5) is 17.1. The number of rotatable bonds is 4. The first kappa shape index (κ1) is 15.9. The minimum absolute atomic E-state index is 0.327. The molecule has 5 nitrogen and oxygen atoms in total. The van der Waals surface area contributed by atoms with Crippen LogP contribution in [0.2, 0.25) is 10.2 Å². The highest BCUT2D eigenvalue weighted by atomic mass is 35.5. The molecule has 1 amide bonds. The summed E-state index contributed by atoms with van der Waals surface area (Å²) >= 11 is 13.5. The average molecular weight is 368 g/mol. The molecule has 0 aliphatic rings. The Labute approximate surface area is 146 Å². The molecule has 0 bridgehead atoms. The third-order valence-electron chi connectivity index (χ3n) is 3.07. The van der Waals surface area contributed by atoms with Crippen LogP contribution in [-0.4, -0.2) is 22.4 Å². The van der Waals surface area contributed by atoms with Crippen LogP contribution in [0.15, 0.2) is 35.9 Å². The van der Waals surface area contributed by atoms with Crippen LogP contribution in [0.5, 0.6) is 5.75 Å².